The molecule has 1 fully saturated rings. The number of thioether (sulfide) groups is 1. The van der Waals surface area contributed by atoms with Gasteiger partial charge >= 0.3 is 0 Å². The zero-order valence-electron chi connectivity index (χ0n) is 7.45. The van der Waals surface area contributed by atoms with Crippen LogP contribution in [0.2, 0.25) is 0 Å². The Kier molecular flexibility index (Phi) is 4.09. The van der Waals surface area contributed by atoms with Crippen molar-refractivity contribution in [1.82, 2.24) is 0 Å². The number of hydrogen-bond donors (Lipinski definition) is 1. The quantitative estimate of drug-likeness (QED) is 0.686. The zero-order chi connectivity index (χ0) is 8.97. The molecule has 1 atom stereocenters. The van der Waals surface area contributed by atoms with Gasteiger partial charge in [-0.1, -0.05) is 0 Å². The summed E-state index contributed by atoms with van der Waals surface area (Å²) < 4.78 is 0. The molecule has 1 rings (SSSR count). The maximum absolute atomic E-state index is 10.9. The van der Waals surface area contributed by atoms with E-state index in [1.54, 1.807) is 0 Å². The van der Waals surface area contributed by atoms with Crippen molar-refractivity contribution in [3.05, 3.63) is 0 Å². The zero-order valence-corrected chi connectivity index (χ0v) is 8.27. The van der Waals surface area contributed by atoms with Gasteiger partial charge in [0.1, 0.15) is 5.78 Å². The first kappa shape index (κ1) is 10.1. The maximum Gasteiger partial charge on any atom is 0.132 e. The van der Waals surface area contributed by atoms with Crippen molar-refractivity contribution >= 4 is 17.5 Å². The van der Waals surface area contributed by atoms with Crippen LogP contribution in [0.15, 0.2) is 0 Å². The van der Waals surface area contributed by atoms with Gasteiger partial charge < -0.3 is 5.11 Å². The molecular formula is C9H16O2S. The predicted octanol–water partition coefficient (Wildman–Crippen LogP) is 1.82. The Morgan fingerprint density at radius 1 is 1.58 bits per heavy atom. The van der Waals surface area contributed by atoms with Crippen molar-refractivity contribution in [3.63, 3.8) is 0 Å². The van der Waals surface area contributed by atoms with Crippen LogP contribution in [-0.2, 0) is 4.79 Å². The third-order valence-electron chi connectivity index (χ3n) is 2.47. The molecule has 12 heavy (non-hydrogen) atoms. The number of Topliss-reactive ketones (excluding diaryl/α,β-unsaturated/α-hetero) is 1. The maximum atomic E-state index is 10.9. The first-order valence-electron chi connectivity index (χ1n) is 4.45. The van der Waals surface area contributed by atoms with Crippen LogP contribution in [0.1, 0.15) is 32.1 Å². The molecule has 70 valence electrons. The Bertz CT molecular complexity index is 149. The Morgan fingerprint density at radius 3 is 2.67 bits per heavy atom. The summed E-state index contributed by atoms with van der Waals surface area (Å²) in [5, 5.41) is 9.35. The van der Waals surface area contributed by atoms with Gasteiger partial charge in [0.15, 0.2) is 0 Å². The number of carbonyl (C=O) groups is 1. The smallest absolute Gasteiger partial charge is 0.132 e. The number of hydrogen-bond acceptors (Lipinski definition) is 3. The van der Waals surface area contributed by atoms with Crippen molar-refractivity contribution in [2.45, 2.75) is 37.5 Å². The average Bonchev–Trinajstić information content (AvgIpc) is 2.09. The van der Waals surface area contributed by atoms with E-state index in [0.717, 1.165) is 32.1 Å². The largest absolute Gasteiger partial charge is 0.382 e. The number of rotatable bonds is 3. The van der Waals surface area contributed by atoms with Gasteiger partial charge in [0, 0.05) is 12.8 Å². The topological polar surface area (TPSA) is 37.3 Å². The first-order valence-corrected chi connectivity index (χ1v) is 5.73. The van der Waals surface area contributed by atoms with Crippen LogP contribution < -0.4 is 0 Å². The summed E-state index contributed by atoms with van der Waals surface area (Å²) in [6, 6.07) is 0. The molecule has 2 nitrogen and oxygen atoms in total. The van der Waals surface area contributed by atoms with Gasteiger partial charge in [-0.15, -0.1) is 11.8 Å². The fourth-order valence-electron chi connectivity index (χ4n) is 1.62. The first-order chi connectivity index (χ1) is 5.72. The summed E-state index contributed by atoms with van der Waals surface area (Å²) in [7, 11) is 0. The Morgan fingerprint density at radius 2 is 2.17 bits per heavy atom. The Balaban J connectivity index is 2.21. The van der Waals surface area contributed by atoms with E-state index in [2.05, 4.69) is 0 Å². The van der Waals surface area contributed by atoms with Crippen molar-refractivity contribution in [2.75, 3.05) is 6.26 Å². The summed E-state index contributed by atoms with van der Waals surface area (Å²) in [4.78, 5) is 10.9. The molecule has 1 N–H and O–H groups in total. The van der Waals surface area contributed by atoms with Gasteiger partial charge in [0.05, 0.1) is 5.44 Å². The number of ketones is 1. The van der Waals surface area contributed by atoms with Crippen molar-refractivity contribution in [3.8, 4) is 0 Å². The summed E-state index contributed by atoms with van der Waals surface area (Å²) in [6.07, 6.45) is 6.19. The Hall–Kier alpha value is -0.0200. The highest BCUT2D eigenvalue weighted by atomic mass is 32.2. The lowest BCUT2D eigenvalue weighted by Gasteiger charge is -2.22. The highest BCUT2D eigenvalue weighted by Gasteiger charge is 2.20. The van der Waals surface area contributed by atoms with Crippen LogP contribution in [0.3, 0.4) is 0 Å². The van der Waals surface area contributed by atoms with Crippen LogP contribution in [0.25, 0.3) is 0 Å². The SMILES string of the molecule is CSC(O)CC1CCC(=O)CC1. The number of aliphatic hydroxyl groups excluding tert-OH is 1. The molecular weight excluding hydrogens is 172 g/mol. The lowest BCUT2D eigenvalue weighted by atomic mass is 9.86. The van der Waals surface area contributed by atoms with E-state index in [1.165, 1.54) is 11.8 Å². The van der Waals surface area contributed by atoms with Crippen molar-refractivity contribution < 1.29 is 9.90 Å². The van der Waals surface area contributed by atoms with E-state index in [0.29, 0.717) is 11.7 Å². The van der Waals surface area contributed by atoms with Crippen molar-refractivity contribution in [1.29, 1.82) is 0 Å². The molecule has 0 saturated heterocycles. The molecule has 1 unspecified atom stereocenters. The molecule has 0 aliphatic heterocycles. The Labute approximate surface area is 77.7 Å². The van der Waals surface area contributed by atoms with Crippen LogP contribution in [0, 0.1) is 5.92 Å². The fourth-order valence-corrected chi connectivity index (χ4v) is 2.08. The fraction of sp³-hybridized carbons (Fsp3) is 0.889. The van der Waals surface area contributed by atoms with E-state index in [1.807, 2.05) is 6.26 Å². The minimum Gasteiger partial charge on any atom is -0.382 e. The minimum absolute atomic E-state index is 0.233. The third-order valence-corrected chi connectivity index (χ3v) is 3.21. The highest BCUT2D eigenvalue weighted by Crippen LogP contribution is 2.27. The van der Waals surface area contributed by atoms with Gasteiger partial charge in [0.25, 0.3) is 0 Å². The molecule has 1 aliphatic rings. The molecule has 0 aromatic heterocycles. The van der Waals surface area contributed by atoms with E-state index >= 15 is 0 Å². The van der Waals surface area contributed by atoms with Crippen LogP contribution in [0.4, 0.5) is 0 Å². The molecule has 0 spiro atoms. The summed E-state index contributed by atoms with van der Waals surface area (Å²) in [5.74, 6) is 0.968. The number of carbonyl (C=O) groups excluding carboxylic acids is 1. The lowest BCUT2D eigenvalue weighted by molar-refractivity contribution is -0.121. The van der Waals surface area contributed by atoms with E-state index in [4.69, 9.17) is 0 Å². The van der Waals surface area contributed by atoms with Gasteiger partial charge in [-0.3, -0.25) is 4.79 Å². The average molecular weight is 188 g/mol. The van der Waals surface area contributed by atoms with Crippen LogP contribution in [-0.4, -0.2) is 22.6 Å². The van der Waals surface area contributed by atoms with E-state index < -0.39 is 0 Å². The normalized spacial score (nSPS) is 22.7. The van der Waals surface area contributed by atoms with Crippen molar-refractivity contribution in [2.24, 2.45) is 5.92 Å². The molecule has 0 aromatic rings. The number of aliphatic hydroxyl groups is 1. The molecule has 0 heterocycles. The van der Waals surface area contributed by atoms with Gasteiger partial charge in [0.2, 0.25) is 0 Å². The molecule has 1 saturated carbocycles. The molecule has 0 bridgehead atoms. The third kappa shape index (κ3) is 3.15. The molecule has 1 aliphatic carbocycles. The second-order valence-electron chi connectivity index (χ2n) is 3.41. The van der Waals surface area contributed by atoms with Crippen LogP contribution in [0.5, 0.6) is 0 Å². The predicted molar refractivity (Wildman–Crippen MR) is 51.1 cm³/mol. The highest BCUT2D eigenvalue weighted by molar-refractivity contribution is 7.99. The minimum atomic E-state index is -0.233. The molecule has 0 radical (unpaired) electrons. The molecule has 0 aromatic carbocycles. The summed E-state index contributed by atoms with van der Waals surface area (Å²) in [5.41, 5.74) is -0.233. The van der Waals surface area contributed by atoms with Crippen LogP contribution >= 0.6 is 11.8 Å². The van der Waals surface area contributed by atoms with Gasteiger partial charge in [-0.25, -0.2) is 0 Å². The lowest BCUT2D eigenvalue weighted by Crippen LogP contribution is -2.17. The van der Waals surface area contributed by atoms with E-state index in [-0.39, 0.29) is 5.44 Å². The van der Waals surface area contributed by atoms with Gasteiger partial charge in [-0.05, 0) is 31.4 Å². The summed E-state index contributed by atoms with van der Waals surface area (Å²) >= 11 is 1.49. The van der Waals surface area contributed by atoms with Gasteiger partial charge in [-0.2, -0.15) is 0 Å². The second-order valence-corrected chi connectivity index (χ2v) is 4.42. The summed E-state index contributed by atoms with van der Waals surface area (Å²) in [6.45, 7) is 0. The monoisotopic (exact) mass is 188 g/mol. The standard InChI is InChI=1S/C9H16O2S/c1-12-9(11)6-7-2-4-8(10)5-3-7/h7,9,11H,2-6H2,1H3. The van der Waals surface area contributed by atoms with E-state index in [9.17, 15) is 9.90 Å². The second kappa shape index (κ2) is 4.87. The molecule has 3 heteroatoms. The molecule has 0 amide bonds.